The van der Waals surface area contributed by atoms with Crippen LogP contribution in [0.1, 0.15) is 42.3 Å². The van der Waals surface area contributed by atoms with Gasteiger partial charge in [0.1, 0.15) is 5.82 Å². The quantitative estimate of drug-likeness (QED) is 0.443. The first-order valence-electron chi connectivity index (χ1n) is 10.8. The minimum Gasteiger partial charge on any atom is -0.357 e. The van der Waals surface area contributed by atoms with E-state index in [1.165, 1.54) is 29.5 Å². The zero-order chi connectivity index (χ0) is 20.8. The first kappa shape index (κ1) is 20.2. The summed E-state index contributed by atoms with van der Waals surface area (Å²) in [5.41, 5.74) is 4.17. The topological polar surface area (TPSA) is 54.2 Å². The predicted molar refractivity (Wildman–Crippen MR) is 123 cm³/mol. The summed E-state index contributed by atoms with van der Waals surface area (Å²) >= 11 is 0. The number of benzene rings is 2. The fourth-order valence-corrected chi connectivity index (χ4v) is 3.87. The smallest absolute Gasteiger partial charge is 0.191 e. The summed E-state index contributed by atoms with van der Waals surface area (Å²) in [5, 5.41) is 6.97. The van der Waals surface area contributed by atoms with Gasteiger partial charge in [0.2, 0.25) is 0 Å². The van der Waals surface area contributed by atoms with Crippen molar-refractivity contribution in [3.63, 3.8) is 0 Å². The molecule has 0 saturated heterocycles. The first-order valence-corrected chi connectivity index (χ1v) is 10.8. The molecule has 5 nitrogen and oxygen atoms in total. The summed E-state index contributed by atoms with van der Waals surface area (Å²) in [6.07, 6.45) is 6.34. The van der Waals surface area contributed by atoms with Gasteiger partial charge in [-0.2, -0.15) is 0 Å². The van der Waals surface area contributed by atoms with Crippen LogP contribution >= 0.6 is 0 Å². The Kier molecular flexibility index (Phi) is 6.17. The average Bonchev–Trinajstić information content (AvgIpc) is 3.47. The summed E-state index contributed by atoms with van der Waals surface area (Å²) < 4.78 is 2.16. The average molecular weight is 402 g/mol. The number of guanidine groups is 1. The molecule has 1 fully saturated rings. The highest BCUT2D eigenvalue weighted by Gasteiger charge is 2.43. The molecule has 30 heavy (non-hydrogen) atoms. The van der Waals surface area contributed by atoms with E-state index >= 15 is 0 Å². The molecular weight excluding hydrogens is 370 g/mol. The van der Waals surface area contributed by atoms with Crippen LogP contribution in [0.3, 0.4) is 0 Å². The van der Waals surface area contributed by atoms with E-state index in [0.717, 1.165) is 31.4 Å². The molecule has 1 aliphatic carbocycles. The molecular formula is C25H31N5. The molecule has 1 aromatic heterocycles. The molecule has 1 saturated carbocycles. The van der Waals surface area contributed by atoms with E-state index in [1.54, 1.807) is 0 Å². The maximum Gasteiger partial charge on any atom is 0.191 e. The van der Waals surface area contributed by atoms with Crippen LogP contribution in [0.15, 0.2) is 72.0 Å². The van der Waals surface area contributed by atoms with Gasteiger partial charge in [0.05, 0.1) is 6.54 Å². The van der Waals surface area contributed by atoms with Crippen LogP contribution in [0.5, 0.6) is 0 Å². The summed E-state index contributed by atoms with van der Waals surface area (Å²) in [4.78, 5) is 9.15. The molecule has 0 radical (unpaired) electrons. The Bertz CT molecular complexity index is 986. The van der Waals surface area contributed by atoms with Crippen molar-refractivity contribution in [2.45, 2.75) is 45.2 Å². The van der Waals surface area contributed by atoms with Gasteiger partial charge in [-0.3, -0.25) is 0 Å². The van der Waals surface area contributed by atoms with E-state index < -0.39 is 0 Å². The monoisotopic (exact) mass is 401 g/mol. The second kappa shape index (κ2) is 9.16. The fourth-order valence-electron chi connectivity index (χ4n) is 3.87. The van der Waals surface area contributed by atoms with E-state index in [9.17, 15) is 0 Å². The van der Waals surface area contributed by atoms with Crippen molar-refractivity contribution in [2.24, 2.45) is 4.99 Å². The third-order valence-corrected chi connectivity index (χ3v) is 5.87. The Labute approximate surface area is 179 Å². The number of aliphatic imine (C=N–C) groups is 1. The molecule has 156 valence electrons. The molecule has 5 heteroatoms. The first-order chi connectivity index (χ1) is 14.7. The minimum atomic E-state index is 0.264. The molecule has 1 aliphatic rings. The van der Waals surface area contributed by atoms with Crippen molar-refractivity contribution in [3.8, 4) is 0 Å². The molecule has 2 N–H and O–H groups in total. The van der Waals surface area contributed by atoms with Gasteiger partial charge in [0, 0.05) is 37.4 Å². The SMILES string of the molecule is CCNC(=NCc1cccc(Cn2ccnc2C)c1)NCC1(c2ccccc2)CC1. The Morgan fingerprint density at radius 2 is 1.87 bits per heavy atom. The van der Waals surface area contributed by atoms with E-state index in [4.69, 9.17) is 4.99 Å². The number of imidazole rings is 1. The van der Waals surface area contributed by atoms with E-state index in [2.05, 4.69) is 81.7 Å². The Hall–Kier alpha value is -3.08. The Morgan fingerprint density at radius 1 is 1.07 bits per heavy atom. The maximum absolute atomic E-state index is 4.84. The molecule has 3 aromatic rings. The fraction of sp³-hybridized carbons (Fsp3) is 0.360. The molecule has 0 aliphatic heterocycles. The van der Waals surface area contributed by atoms with Gasteiger partial charge in [0.25, 0.3) is 0 Å². The van der Waals surface area contributed by atoms with Gasteiger partial charge in [-0.1, -0.05) is 54.6 Å². The molecule has 0 atom stereocenters. The molecule has 0 amide bonds. The van der Waals surface area contributed by atoms with Crippen molar-refractivity contribution in [1.29, 1.82) is 0 Å². The lowest BCUT2D eigenvalue weighted by molar-refractivity contribution is 0.646. The minimum absolute atomic E-state index is 0.264. The van der Waals surface area contributed by atoms with Crippen molar-refractivity contribution in [3.05, 3.63) is 89.5 Å². The van der Waals surface area contributed by atoms with Crippen molar-refractivity contribution in [2.75, 3.05) is 13.1 Å². The van der Waals surface area contributed by atoms with Crippen LogP contribution in [-0.4, -0.2) is 28.6 Å². The highest BCUT2D eigenvalue weighted by Crippen LogP contribution is 2.47. The lowest BCUT2D eigenvalue weighted by atomic mass is 9.96. The van der Waals surface area contributed by atoms with Crippen LogP contribution in [-0.2, 0) is 18.5 Å². The van der Waals surface area contributed by atoms with Crippen LogP contribution in [0, 0.1) is 6.92 Å². The number of nitrogens with zero attached hydrogens (tertiary/aromatic N) is 3. The zero-order valence-corrected chi connectivity index (χ0v) is 17.9. The van der Waals surface area contributed by atoms with E-state index in [0.29, 0.717) is 6.54 Å². The van der Waals surface area contributed by atoms with E-state index in [1.807, 2.05) is 19.3 Å². The molecule has 0 spiro atoms. The normalized spacial score (nSPS) is 15.1. The number of hydrogen-bond acceptors (Lipinski definition) is 2. The third-order valence-electron chi connectivity index (χ3n) is 5.87. The Morgan fingerprint density at radius 3 is 2.57 bits per heavy atom. The second-order valence-corrected chi connectivity index (χ2v) is 8.12. The molecule has 1 heterocycles. The van der Waals surface area contributed by atoms with Gasteiger partial charge in [-0.15, -0.1) is 0 Å². The van der Waals surface area contributed by atoms with Crippen LogP contribution in [0.4, 0.5) is 0 Å². The van der Waals surface area contributed by atoms with Gasteiger partial charge in [0.15, 0.2) is 5.96 Å². The van der Waals surface area contributed by atoms with Gasteiger partial charge in [-0.25, -0.2) is 9.98 Å². The largest absolute Gasteiger partial charge is 0.357 e. The lowest BCUT2D eigenvalue weighted by Crippen LogP contribution is -2.41. The van der Waals surface area contributed by atoms with Crippen LogP contribution in [0.2, 0.25) is 0 Å². The van der Waals surface area contributed by atoms with Crippen molar-refractivity contribution >= 4 is 5.96 Å². The number of hydrogen-bond donors (Lipinski definition) is 2. The highest BCUT2D eigenvalue weighted by atomic mass is 15.2. The maximum atomic E-state index is 4.84. The lowest BCUT2D eigenvalue weighted by Gasteiger charge is -2.19. The zero-order valence-electron chi connectivity index (χ0n) is 17.9. The van der Waals surface area contributed by atoms with Crippen LogP contribution < -0.4 is 10.6 Å². The molecule has 0 unspecified atom stereocenters. The predicted octanol–water partition coefficient (Wildman–Crippen LogP) is 4.03. The van der Waals surface area contributed by atoms with Crippen molar-refractivity contribution < 1.29 is 0 Å². The van der Waals surface area contributed by atoms with Gasteiger partial charge in [-0.05, 0) is 43.4 Å². The number of aryl methyl sites for hydroxylation is 1. The second-order valence-electron chi connectivity index (χ2n) is 8.12. The molecule has 4 rings (SSSR count). The summed E-state index contributed by atoms with van der Waals surface area (Å²) in [6, 6.07) is 19.5. The molecule has 0 bridgehead atoms. The summed E-state index contributed by atoms with van der Waals surface area (Å²) in [5.74, 6) is 1.92. The standard InChI is InChI=1S/C25H31N5/c1-3-26-24(29-19-25(12-13-25)23-10-5-4-6-11-23)28-17-21-8-7-9-22(16-21)18-30-15-14-27-20(30)2/h4-11,14-16H,3,12-13,17-19H2,1-2H3,(H2,26,28,29). The third kappa shape index (κ3) is 4.90. The Balaban J connectivity index is 1.39. The molecule has 2 aromatic carbocycles. The number of nitrogens with one attached hydrogen (secondary N) is 2. The van der Waals surface area contributed by atoms with Crippen LogP contribution in [0.25, 0.3) is 0 Å². The summed E-state index contributed by atoms with van der Waals surface area (Å²) in [6.45, 7) is 7.40. The van der Waals surface area contributed by atoms with Gasteiger partial charge >= 0.3 is 0 Å². The number of aromatic nitrogens is 2. The number of rotatable bonds is 8. The summed E-state index contributed by atoms with van der Waals surface area (Å²) in [7, 11) is 0. The highest BCUT2D eigenvalue weighted by molar-refractivity contribution is 5.80. The van der Waals surface area contributed by atoms with E-state index in [-0.39, 0.29) is 5.41 Å². The van der Waals surface area contributed by atoms with Gasteiger partial charge < -0.3 is 15.2 Å². The van der Waals surface area contributed by atoms with Crippen molar-refractivity contribution in [1.82, 2.24) is 20.2 Å².